The normalized spacial score (nSPS) is 11.1. The zero-order valence-electron chi connectivity index (χ0n) is 11.3. The molecule has 0 radical (unpaired) electrons. The fourth-order valence-electron chi connectivity index (χ4n) is 1.82. The van der Waals surface area contributed by atoms with Gasteiger partial charge in [0, 0.05) is 12.6 Å². The highest BCUT2D eigenvalue weighted by Gasteiger charge is 2.26. The summed E-state index contributed by atoms with van der Waals surface area (Å²) < 4.78 is 25.4. The van der Waals surface area contributed by atoms with Crippen molar-refractivity contribution in [2.75, 3.05) is 7.05 Å². The van der Waals surface area contributed by atoms with Gasteiger partial charge in [0.2, 0.25) is 0 Å². The van der Waals surface area contributed by atoms with Crippen molar-refractivity contribution in [1.82, 2.24) is 4.31 Å². The molecular formula is C15H15NO3S. The van der Waals surface area contributed by atoms with Crippen LogP contribution in [0.25, 0.3) is 0 Å². The van der Waals surface area contributed by atoms with E-state index in [-0.39, 0.29) is 4.90 Å². The summed E-state index contributed by atoms with van der Waals surface area (Å²) in [7, 11) is -2.54. The maximum Gasteiger partial charge on any atom is 0.267 e. The Balaban J connectivity index is 2.36. The van der Waals surface area contributed by atoms with E-state index in [1.54, 1.807) is 36.4 Å². The highest BCUT2D eigenvalue weighted by Crippen LogP contribution is 2.16. The molecule has 2 aromatic rings. The number of carbonyl (C=O) groups excluding carboxylic acids is 1. The van der Waals surface area contributed by atoms with Gasteiger partial charge in [-0.15, -0.1) is 0 Å². The number of aryl methyl sites for hydroxylation is 1. The van der Waals surface area contributed by atoms with E-state index in [9.17, 15) is 13.2 Å². The molecule has 0 heterocycles. The smallest absolute Gasteiger partial charge is 0.267 e. The summed E-state index contributed by atoms with van der Waals surface area (Å²) in [5.41, 5.74) is 1.26. The Morgan fingerprint density at radius 2 is 1.65 bits per heavy atom. The van der Waals surface area contributed by atoms with Crippen LogP contribution < -0.4 is 0 Å². The van der Waals surface area contributed by atoms with Gasteiger partial charge < -0.3 is 0 Å². The van der Waals surface area contributed by atoms with Crippen molar-refractivity contribution in [3.8, 4) is 0 Å². The van der Waals surface area contributed by atoms with E-state index in [1.807, 2.05) is 13.0 Å². The molecule has 0 N–H and O–H groups in total. The lowest BCUT2D eigenvalue weighted by atomic mass is 10.1. The first-order valence-corrected chi connectivity index (χ1v) is 7.52. The van der Waals surface area contributed by atoms with Crippen LogP contribution in [-0.4, -0.2) is 25.7 Å². The predicted octanol–water partition coefficient (Wildman–Crippen LogP) is 2.46. The summed E-state index contributed by atoms with van der Waals surface area (Å²) in [6.45, 7) is 1.85. The van der Waals surface area contributed by atoms with Gasteiger partial charge in [0.15, 0.2) is 0 Å². The van der Waals surface area contributed by atoms with Crippen LogP contribution in [0.15, 0.2) is 59.5 Å². The van der Waals surface area contributed by atoms with Crippen LogP contribution in [0, 0.1) is 6.92 Å². The van der Waals surface area contributed by atoms with Crippen LogP contribution in [0.4, 0.5) is 0 Å². The van der Waals surface area contributed by atoms with E-state index in [2.05, 4.69) is 0 Å². The molecule has 104 valence electrons. The van der Waals surface area contributed by atoms with E-state index in [4.69, 9.17) is 0 Å². The Hall–Kier alpha value is -2.14. The van der Waals surface area contributed by atoms with Crippen LogP contribution in [0.2, 0.25) is 0 Å². The van der Waals surface area contributed by atoms with E-state index < -0.39 is 15.9 Å². The van der Waals surface area contributed by atoms with Gasteiger partial charge in [0.1, 0.15) is 0 Å². The molecule has 0 spiro atoms. The highest BCUT2D eigenvalue weighted by molar-refractivity contribution is 7.89. The van der Waals surface area contributed by atoms with Gasteiger partial charge >= 0.3 is 0 Å². The minimum atomic E-state index is -3.82. The molecule has 0 aliphatic rings. The second-order valence-electron chi connectivity index (χ2n) is 4.46. The Morgan fingerprint density at radius 3 is 2.25 bits per heavy atom. The number of rotatable bonds is 3. The first-order valence-electron chi connectivity index (χ1n) is 6.08. The van der Waals surface area contributed by atoms with Crippen LogP contribution in [0.5, 0.6) is 0 Å². The van der Waals surface area contributed by atoms with Crippen LogP contribution in [0.3, 0.4) is 0 Å². The number of hydrogen-bond acceptors (Lipinski definition) is 3. The molecule has 0 unspecified atom stereocenters. The van der Waals surface area contributed by atoms with Crippen molar-refractivity contribution < 1.29 is 13.2 Å². The molecule has 2 rings (SSSR count). The average molecular weight is 289 g/mol. The Bertz CT molecular complexity index is 724. The fourth-order valence-corrected chi connectivity index (χ4v) is 2.96. The van der Waals surface area contributed by atoms with E-state index >= 15 is 0 Å². The van der Waals surface area contributed by atoms with Gasteiger partial charge in [-0.25, -0.2) is 12.7 Å². The second-order valence-corrected chi connectivity index (χ2v) is 6.43. The Kier molecular flexibility index (Phi) is 3.90. The zero-order chi connectivity index (χ0) is 14.8. The van der Waals surface area contributed by atoms with Crippen molar-refractivity contribution in [2.24, 2.45) is 0 Å². The molecule has 0 fully saturated rings. The maximum atomic E-state index is 12.3. The fraction of sp³-hybridized carbons (Fsp3) is 0.133. The standard InChI is InChI=1S/C15H15NO3S/c1-12-7-6-8-13(11-12)15(17)16(2)20(18,19)14-9-4-3-5-10-14/h3-11H,1-2H3. The third-order valence-corrected chi connectivity index (χ3v) is 4.71. The molecule has 0 saturated carbocycles. The highest BCUT2D eigenvalue weighted by atomic mass is 32.2. The third-order valence-electron chi connectivity index (χ3n) is 2.95. The molecule has 20 heavy (non-hydrogen) atoms. The first-order chi connectivity index (χ1) is 9.43. The van der Waals surface area contributed by atoms with Gasteiger partial charge in [-0.2, -0.15) is 0 Å². The summed E-state index contributed by atoms with van der Waals surface area (Å²) in [4.78, 5) is 12.4. The number of hydrogen-bond donors (Lipinski definition) is 0. The maximum absolute atomic E-state index is 12.3. The molecule has 0 aliphatic heterocycles. The first kappa shape index (κ1) is 14.3. The Morgan fingerprint density at radius 1 is 1.00 bits per heavy atom. The van der Waals surface area contributed by atoms with Crippen LogP contribution in [0.1, 0.15) is 15.9 Å². The van der Waals surface area contributed by atoms with E-state index in [0.717, 1.165) is 9.87 Å². The summed E-state index contributed by atoms with van der Waals surface area (Å²) in [6, 6.07) is 14.8. The topological polar surface area (TPSA) is 54.5 Å². The van der Waals surface area contributed by atoms with Gasteiger partial charge in [-0.3, -0.25) is 4.79 Å². The molecular weight excluding hydrogens is 274 g/mol. The zero-order valence-corrected chi connectivity index (χ0v) is 12.1. The summed E-state index contributed by atoms with van der Waals surface area (Å²) in [5, 5.41) is 0. The molecule has 5 heteroatoms. The minimum Gasteiger partial charge on any atom is -0.268 e. The van der Waals surface area contributed by atoms with Gasteiger partial charge in [0.25, 0.3) is 15.9 Å². The van der Waals surface area contributed by atoms with Crippen molar-refractivity contribution in [1.29, 1.82) is 0 Å². The largest absolute Gasteiger partial charge is 0.268 e. The molecule has 0 atom stereocenters. The number of amides is 1. The lowest BCUT2D eigenvalue weighted by Crippen LogP contribution is -2.33. The van der Waals surface area contributed by atoms with Crippen LogP contribution >= 0.6 is 0 Å². The number of sulfonamides is 1. The molecule has 4 nitrogen and oxygen atoms in total. The van der Waals surface area contributed by atoms with E-state index in [0.29, 0.717) is 5.56 Å². The summed E-state index contributed by atoms with van der Waals surface area (Å²) in [6.07, 6.45) is 0. The quantitative estimate of drug-likeness (QED) is 0.872. The van der Waals surface area contributed by atoms with Gasteiger partial charge in [-0.05, 0) is 31.2 Å². The van der Waals surface area contributed by atoms with Gasteiger partial charge in [0.05, 0.1) is 4.90 Å². The number of carbonyl (C=O) groups is 1. The molecule has 0 aromatic heterocycles. The van der Waals surface area contributed by atoms with Gasteiger partial charge in [-0.1, -0.05) is 35.9 Å². The third kappa shape index (κ3) is 2.72. The molecule has 0 aliphatic carbocycles. The van der Waals surface area contributed by atoms with E-state index in [1.165, 1.54) is 19.2 Å². The number of nitrogens with zero attached hydrogens (tertiary/aromatic N) is 1. The SMILES string of the molecule is Cc1cccc(C(=O)N(C)S(=O)(=O)c2ccccc2)c1. The lowest BCUT2D eigenvalue weighted by Gasteiger charge is -2.17. The van der Waals surface area contributed by atoms with Crippen molar-refractivity contribution in [2.45, 2.75) is 11.8 Å². The molecule has 0 saturated heterocycles. The minimum absolute atomic E-state index is 0.100. The molecule has 0 bridgehead atoms. The molecule has 2 aromatic carbocycles. The van der Waals surface area contributed by atoms with Crippen molar-refractivity contribution in [3.05, 3.63) is 65.7 Å². The van der Waals surface area contributed by atoms with Crippen molar-refractivity contribution >= 4 is 15.9 Å². The lowest BCUT2D eigenvalue weighted by molar-refractivity contribution is 0.0883. The summed E-state index contributed by atoms with van der Waals surface area (Å²) in [5.74, 6) is -0.544. The Labute approximate surface area is 118 Å². The van der Waals surface area contributed by atoms with Crippen LogP contribution in [-0.2, 0) is 10.0 Å². The van der Waals surface area contributed by atoms with Crippen molar-refractivity contribution in [3.63, 3.8) is 0 Å². The average Bonchev–Trinajstić information content (AvgIpc) is 2.46. The monoisotopic (exact) mass is 289 g/mol. The second kappa shape index (κ2) is 5.46. The predicted molar refractivity (Wildman–Crippen MR) is 76.9 cm³/mol. The molecule has 1 amide bonds. The number of benzene rings is 2. The summed E-state index contributed by atoms with van der Waals surface area (Å²) >= 11 is 0.